The average molecular weight is 463 g/mol. The SMILES string of the molecule is CCOc1ccc(NC(=O)/C(C#N)=C/c2ccc(OCc3cccc(Cl)c3)c(OC)c2)cc1. The second-order valence-electron chi connectivity index (χ2n) is 6.91. The lowest BCUT2D eigenvalue weighted by molar-refractivity contribution is -0.112. The summed E-state index contributed by atoms with van der Waals surface area (Å²) >= 11 is 6.01. The molecule has 6 nitrogen and oxygen atoms in total. The third kappa shape index (κ3) is 6.76. The van der Waals surface area contributed by atoms with Gasteiger partial charge in [0.25, 0.3) is 5.91 Å². The monoisotopic (exact) mass is 462 g/mol. The van der Waals surface area contributed by atoms with E-state index in [4.69, 9.17) is 25.8 Å². The number of nitrogens with one attached hydrogen (secondary N) is 1. The molecule has 0 atom stereocenters. The van der Waals surface area contributed by atoms with Crippen LogP contribution in [0.2, 0.25) is 5.02 Å². The summed E-state index contributed by atoms with van der Waals surface area (Å²) in [5, 5.41) is 12.8. The first-order valence-corrected chi connectivity index (χ1v) is 10.6. The Hall–Kier alpha value is -3.95. The smallest absolute Gasteiger partial charge is 0.266 e. The standard InChI is InChI=1S/C26H23ClN2O4/c1-3-32-23-10-8-22(9-11-23)29-26(30)20(16-28)13-18-7-12-24(25(15-18)31-2)33-17-19-5-4-6-21(27)14-19/h4-15H,3,17H2,1-2H3,(H,29,30)/b20-13+. The van der Waals surface area contributed by atoms with Gasteiger partial charge in [-0.25, -0.2) is 0 Å². The molecular weight excluding hydrogens is 440 g/mol. The number of carbonyl (C=O) groups is 1. The molecule has 0 radical (unpaired) electrons. The Morgan fingerprint density at radius 3 is 2.52 bits per heavy atom. The van der Waals surface area contributed by atoms with E-state index in [2.05, 4.69) is 5.32 Å². The maximum absolute atomic E-state index is 12.6. The van der Waals surface area contributed by atoms with Crippen molar-refractivity contribution in [2.75, 3.05) is 19.0 Å². The van der Waals surface area contributed by atoms with E-state index < -0.39 is 5.91 Å². The first-order chi connectivity index (χ1) is 16.0. The maximum Gasteiger partial charge on any atom is 0.266 e. The van der Waals surface area contributed by atoms with Gasteiger partial charge in [-0.2, -0.15) is 5.26 Å². The molecule has 0 heterocycles. The lowest BCUT2D eigenvalue weighted by atomic mass is 10.1. The molecule has 1 N–H and O–H groups in total. The van der Waals surface area contributed by atoms with Crippen LogP contribution < -0.4 is 19.5 Å². The number of nitriles is 1. The Bertz CT molecular complexity index is 1180. The zero-order valence-electron chi connectivity index (χ0n) is 18.3. The van der Waals surface area contributed by atoms with Crippen molar-refractivity contribution in [3.8, 4) is 23.3 Å². The van der Waals surface area contributed by atoms with E-state index >= 15 is 0 Å². The van der Waals surface area contributed by atoms with Crippen LogP contribution in [-0.2, 0) is 11.4 Å². The van der Waals surface area contributed by atoms with Gasteiger partial charge in [0.15, 0.2) is 11.5 Å². The van der Waals surface area contributed by atoms with Crippen molar-refractivity contribution in [2.24, 2.45) is 0 Å². The Balaban J connectivity index is 1.71. The zero-order valence-corrected chi connectivity index (χ0v) is 19.1. The van der Waals surface area contributed by atoms with Crippen LogP contribution in [0, 0.1) is 11.3 Å². The summed E-state index contributed by atoms with van der Waals surface area (Å²) < 4.78 is 16.7. The molecule has 0 bridgehead atoms. The fraction of sp³-hybridized carbons (Fsp3) is 0.154. The van der Waals surface area contributed by atoms with Crippen molar-refractivity contribution in [3.05, 3.63) is 88.5 Å². The third-order valence-corrected chi connectivity index (χ3v) is 4.81. The van der Waals surface area contributed by atoms with Gasteiger partial charge in [0.1, 0.15) is 24.0 Å². The van der Waals surface area contributed by atoms with E-state index in [1.165, 1.54) is 13.2 Å². The summed E-state index contributed by atoms with van der Waals surface area (Å²) in [6.45, 7) is 2.77. The molecule has 0 aliphatic heterocycles. The summed E-state index contributed by atoms with van der Waals surface area (Å²) in [4.78, 5) is 12.6. The van der Waals surface area contributed by atoms with Gasteiger partial charge in [0, 0.05) is 10.7 Å². The predicted octanol–water partition coefficient (Wildman–Crippen LogP) is 5.87. The van der Waals surface area contributed by atoms with Crippen LogP contribution in [0.5, 0.6) is 17.2 Å². The van der Waals surface area contributed by atoms with E-state index in [9.17, 15) is 10.1 Å². The summed E-state index contributed by atoms with van der Waals surface area (Å²) in [6, 6.07) is 21.5. The zero-order chi connectivity index (χ0) is 23.6. The predicted molar refractivity (Wildman–Crippen MR) is 129 cm³/mol. The maximum atomic E-state index is 12.6. The van der Waals surface area contributed by atoms with E-state index in [0.717, 1.165) is 5.56 Å². The lowest BCUT2D eigenvalue weighted by Gasteiger charge is -2.12. The molecule has 33 heavy (non-hydrogen) atoms. The molecule has 0 aromatic heterocycles. The molecule has 0 saturated carbocycles. The van der Waals surface area contributed by atoms with Gasteiger partial charge in [-0.1, -0.05) is 29.8 Å². The topological polar surface area (TPSA) is 80.6 Å². The highest BCUT2D eigenvalue weighted by atomic mass is 35.5. The van der Waals surface area contributed by atoms with Crippen LogP contribution >= 0.6 is 11.6 Å². The number of amides is 1. The number of hydrogen-bond donors (Lipinski definition) is 1. The van der Waals surface area contributed by atoms with E-state index in [1.807, 2.05) is 31.2 Å². The molecule has 3 aromatic carbocycles. The van der Waals surface area contributed by atoms with Crippen LogP contribution in [0.4, 0.5) is 5.69 Å². The van der Waals surface area contributed by atoms with E-state index in [1.54, 1.807) is 48.5 Å². The molecule has 3 aromatic rings. The van der Waals surface area contributed by atoms with Crippen molar-refractivity contribution >= 4 is 29.3 Å². The summed E-state index contributed by atoms with van der Waals surface area (Å²) in [5.41, 5.74) is 2.07. The minimum atomic E-state index is -0.512. The summed E-state index contributed by atoms with van der Waals surface area (Å²) in [5.74, 6) is 1.21. The lowest BCUT2D eigenvalue weighted by Crippen LogP contribution is -2.13. The summed E-state index contributed by atoms with van der Waals surface area (Å²) in [6.07, 6.45) is 1.49. The van der Waals surface area contributed by atoms with Crippen molar-refractivity contribution < 1.29 is 19.0 Å². The van der Waals surface area contributed by atoms with E-state index in [0.29, 0.717) is 46.7 Å². The second-order valence-corrected chi connectivity index (χ2v) is 7.35. The van der Waals surface area contributed by atoms with Gasteiger partial charge in [-0.15, -0.1) is 0 Å². The van der Waals surface area contributed by atoms with Crippen molar-refractivity contribution in [1.82, 2.24) is 0 Å². The van der Waals surface area contributed by atoms with Gasteiger partial charge in [-0.3, -0.25) is 4.79 Å². The van der Waals surface area contributed by atoms with Crippen molar-refractivity contribution in [3.63, 3.8) is 0 Å². The van der Waals surface area contributed by atoms with Gasteiger partial charge in [0.2, 0.25) is 0 Å². The van der Waals surface area contributed by atoms with Gasteiger partial charge in [-0.05, 0) is 72.7 Å². The molecule has 7 heteroatoms. The quantitative estimate of drug-likeness (QED) is 0.317. The molecule has 0 saturated heterocycles. The molecule has 0 aliphatic rings. The second kappa shape index (κ2) is 11.6. The van der Waals surface area contributed by atoms with Crippen LogP contribution in [0.1, 0.15) is 18.1 Å². The minimum absolute atomic E-state index is 0.0430. The molecule has 0 fully saturated rings. The van der Waals surface area contributed by atoms with Crippen LogP contribution in [0.25, 0.3) is 6.08 Å². The number of ether oxygens (including phenoxy) is 3. The normalized spacial score (nSPS) is 10.8. The average Bonchev–Trinajstić information content (AvgIpc) is 2.83. The number of nitrogens with zero attached hydrogens (tertiary/aromatic N) is 1. The Morgan fingerprint density at radius 2 is 1.85 bits per heavy atom. The fourth-order valence-corrected chi connectivity index (χ4v) is 3.21. The Kier molecular flexibility index (Phi) is 8.34. The molecule has 0 aliphatic carbocycles. The first-order valence-electron chi connectivity index (χ1n) is 10.2. The number of anilines is 1. The third-order valence-electron chi connectivity index (χ3n) is 4.57. The van der Waals surface area contributed by atoms with Gasteiger partial charge >= 0.3 is 0 Å². The van der Waals surface area contributed by atoms with E-state index in [-0.39, 0.29) is 5.57 Å². The molecule has 0 spiro atoms. The van der Waals surface area contributed by atoms with Crippen molar-refractivity contribution in [1.29, 1.82) is 5.26 Å². The minimum Gasteiger partial charge on any atom is -0.494 e. The largest absolute Gasteiger partial charge is 0.494 e. The highest BCUT2D eigenvalue weighted by Gasteiger charge is 2.12. The van der Waals surface area contributed by atoms with Crippen LogP contribution in [0.3, 0.4) is 0 Å². The number of hydrogen-bond acceptors (Lipinski definition) is 5. The number of rotatable bonds is 9. The van der Waals surface area contributed by atoms with Crippen molar-refractivity contribution in [2.45, 2.75) is 13.5 Å². The highest BCUT2D eigenvalue weighted by Crippen LogP contribution is 2.30. The number of halogens is 1. The molecule has 1 amide bonds. The van der Waals surface area contributed by atoms with Gasteiger partial charge in [0.05, 0.1) is 13.7 Å². The number of carbonyl (C=O) groups excluding carboxylic acids is 1. The summed E-state index contributed by atoms with van der Waals surface area (Å²) in [7, 11) is 1.53. The number of benzene rings is 3. The fourth-order valence-electron chi connectivity index (χ4n) is 3.00. The first kappa shape index (κ1) is 23.7. The van der Waals surface area contributed by atoms with Gasteiger partial charge < -0.3 is 19.5 Å². The highest BCUT2D eigenvalue weighted by molar-refractivity contribution is 6.30. The van der Waals surface area contributed by atoms with Crippen LogP contribution in [-0.4, -0.2) is 19.6 Å². The molecule has 0 unspecified atom stereocenters. The Morgan fingerprint density at radius 1 is 1.06 bits per heavy atom. The molecular formula is C26H23ClN2O4. The molecule has 3 rings (SSSR count). The number of methoxy groups -OCH3 is 1. The molecule has 168 valence electrons. The van der Waals surface area contributed by atoms with Crippen LogP contribution in [0.15, 0.2) is 72.3 Å². The Labute approximate surface area is 198 Å².